The number of carbonyl (C=O) groups excluding carboxylic acids is 1. The van der Waals surface area contributed by atoms with Gasteiger partial charge in [0.2, 0.25) is 0 Å². The van der Waals surface area contributed by atoms with Crippen molar-refractivity contribution in [2.24, 2.45) is 0 Å². The van der Waals surface area contributed by atoms with E-state index >= 15 is 0 Å². The molecule has 3 saturated heterocycles. The Bertz CT molecular complexity index is 654. The summed E-state index contributed by atoms with van der Waals surface area (Å²) in [5.74, 6) is -1.11. The summed E-state index contributed by atoms with van der Waals surface area (Å²) in [5, 5.41) is 0. The average molecular weight is 346 g/mol. The summed E-state index contributed by atoms with van der Waals surface area (Å²) in [4.78, 5) is 11.7. The van der Waals surface area contributed by atoms with Gasteiger partial charge >= 0.3 is 5.97 Å². The monoisotopic (exact) mass is 346 g/mol. The molecule has 0 unspecified atom stereocenters. The van der Waals surface area contributed by atoms with E-state index in [9.17, 15) is 4.79 Å². The number of rotatable bonds is 4. The van der Waals surface area contributed by atoms with E-state index in [1.165, 1.54) is 0 Å². The van der Waals surface area contributed by atoms with Gasteiger partial charge in [0.15, 0.2) is 12.1 Å². The van der Waals surface area contributed by atoms with Crippen LogP contribution in [0.5, 0.6) is 0 Å². The van der Waals surface area contributed by atoms with Gasteiger partial charge in [-0.05, 0) is 19.4 Å². The summed E-state index contributed by atoms with van der Waals surface area (Å²) >= 11 is 0. The first-order valence-corrected chi connectivity index (χ1v) is 8.48. The Balaban J connectivity index is 1.51. The topological polar surface area (TPSA) is 63.2 Å². The van der Waals surface area contributed by atoms with Gasteiger partial charge in [0.1, 0.15) is 24.4 Å². The van der Waals surface area contributed by atoms with Gasteiger partial charge in [-0.15, -0.1) is 0 Å². The Morgan fingerprint density at radius 2 is 1.96 bits per heavy atom. The summed E-state index contributed by atoms with van der Waals surface area (Å²) < 4.78 is 29.3. The quantitative estimate of drug-likeness (QED) is 0.616. The number of ether oxygens (including phenoxy) is 5. The fraction of sp³-hybridized carbons (Fsp3) is 0.526. The third-order valence-electron chi connectivity index (χ3n) is 4.67. The summed E-state index contributed by atoms with van der Waals surface area (Å²) in [6.07, 6.45) is -1.74. The van der Waals surface area contributed by atoms with Crippen molar-refractivity contribution < 1.29 is 28.5 Å². The zero-order valence-corrected chi connectivity index (χ0v) is 14.3. The van der Waals surface area contributed by atoms with Crippen molar-refractivity contribution in [2.45, 2.75) is 63.4 Å². The SMILES string of the molecule is C=C1C[C@@H]([C@@H]2O[C@@H]3OC(C)(C)O[C@@H]3[C@@H]2OCc2ccccc2)OC1=O. The molecule has 0 aliphatic carbocycles. The van der Waals surface area contributed by atoms with Crippen LogP contribution in [0.2, 0.25) is 0 Å². The molecule has 0 N–H and O–H groups in total. The van der Waals surface area contributed by atoms with E-state index < -0.39 is 30.4 Å². The summed E-state index contributed by atoms with van der Waals surface area (Å²) in [7, 11) is 0. The second-order valence-electron chi connectivity index (χ2n) is 7.08. The largest absolute Gasteiger partial charge is 0.456 e. The van der Waals surface area contributed by atoms with Gasteiger partial charge in [0.25, 0.3) is 0 Å². The zero-order chi connectivity index (χ0) is 17.6. The normalized spacial score (nSPS) is 36.5. The van der Waals surface area contributed by atoms with E-state index in [1.54, 1.807) is 0 Å². The first-order chi connectivity index (χ1) is 11.9. The summed E-state index contributed by atoms with van der Waals surface area (Å²) in [6.45, 7) is 7.84. The fourth-order valence-electron chi connectivity index (χ4n) is 3.53. The van der Waals surface area contributed by atoms with Crippen molar-refractivity contribution in [1.82, 2.24) is 0 Å². The molecule has 0 amide bonds. The van der Waals surface area contributed by atoms with E-state index in [2.05, 4.69) is 6.58 Å². The number of hydrogen-bond donors (Lipinski definition) is 0. The molecule has 0 saturated carbocycles. The van der Waals surface area contributed by atoms with Crippen LogP contribution in [0, 0.1) is 0 Å². The second kappa shape index (κ2) is 6.21. The lowest BCUT2D eigenvalue weighted by Gasteiger charge is -2.28. The minimum atomic E-state index is -0.732. The summed E-state index contributed by atoms with van der Waals surface area (Å²) in [5.41, 5.74) is 1.50. The van der Waals surface area contributed by atoms with E-state index in [0.717, 1.165) is 5.56 Å². The molecule has 1 aromatic rings. The molecule has 4 rings (SSSR count). The molecule has 6 heteroatoms. The molecule has 134 valence electrons. The van der Waals surface area contributed by atoms with Gasteiger partial charge < -0.3 is 23.7 Å². The lowest BCUT2D eigenvalue weighted by atomic mass is 10.0. The lowest BCUT2D eigenvalue weighted by Crippen LogP contribution is -2.42. The minimum absolute atomic E-state index is 0.365. The molecule has 3 heterocycles. The molecule has 0 spiro atoms. The van der Waals surface area contributed by atoms with Crippen molar-refractivity contribution in [3.05, 3.63) is 48.0 Å². The van der Waals surface area contributed by atoms with Gasteiger partial charge in [-0.1, -0.05) is 36.9 Å². The van der Waals surface area contributed by atoms with Crippen molar-refractivity contribution in [3.63, 3.8) is 0 Å². The van der Waals surface area contributed by atoms with Crippen LogP contribution in [0.3, 0.4) is 0 Å². The van der Waals surface area contributed by atoms with Crippen molar-refractivity contribution in [3.8, 4) is 0 Å². The third-order valence-corrected chi connectivity index (χ3v) is 4.67. The second-order valence-corrected chi connectivity index (χ2v) is 7.08. The lowest BCUT2D eigenvalue weighted by molar-refractivity contribution is -0.230. The molecule has 3 aliphatic rings. The van der Waals surface area contributed by atoms with E-state index in [1.807, 2.05) is 44.2 Å². The highest BCUT2D eigenvalue weighted by atomic mass is 16.8. The number of esters is 1. The highest BCUT2D eigenvalue weighted by molar-refractivity contribution is 5.90. The highest BCUT2D eigenvalue weighted by Crippen LogP contribution is 2.42. The fourth-order valence-corrected chi connectivity index (χ4v) is 3.53. The zero-order valence-electron chi connectivity index (χ0n) is 14.3. The highest BCUT2D eigenvalue weighted by Gasteiger charge is 2.58. The number of hydrogen-bond acceptors (Lipinski definition) is 6. The van der Waals surface area contributed by atoms with Gasteiger partial charge in [-0.25, -0.2) is 4.79 Å². The smallest absolute Gasteiger partial charge is 0.333 e. The van der Waals surface area contributed by atoms with Crippen LogP contribution < -0.4 is 0 Å². The van der Waals surface area contributed by atoms with Crippen LogP contribution in [-0.4, -0.2) is 42.5 Å². The van der Waals surface area contributed by atoms with E-state index in [-0.39, 0.29) is 12.1 Å². The van der Waals surface area contributed by atoms with E-state index in [0.29, 0.717) is 18.6 Å². The molecular weight excluding hydrogens is 324 g/mol. The number of carbonyl (C=O) groups is 1. The van der Waals surface area contributed by atoms with Crippen LogP contribution in [0.1, 0.15) is 25.8 Å². The average Bonchev–Trinajstić information content (AvgIpc) is 3.16. The number of cyclic esters (lactones) is 1. The Morgan fingerprint density at radius 1 is 1.20 bits per heavy atom. The molecule has 5 atom stereocenters. The van der Waals surface area contributed by atoms with Crippen molar-refractivity contribution in [1.29, 1.82) is 0 Å². The van der Waals surface area contributed by atoms with E-state index in [4.69, 9.17) is 23.7 Å². The van der Waals surface area contributed by atoms with Crippen molar-refractivity contribution in [2.75, 3.05) is 0 Å². The number of fused-ring (bicyclic) bond motifs is 1. The van der Waals surface area contributed by atoms with Crippen LogP contribution in [0.4, 0.5) is 0 Å². The molecule has 0 radical (unpaired) electrons. The predicted molar refractivity (Wildman–Crippen MR) is 87.4 cm³/mol. The van der Waals surface area contributed by atoms with Crippen LogP contribution in [-0.2, 0) is 35.1 Å². The summed E-state index contributed by atoms with van der Waals surface area (Å²) in [6, 6.07) is 9.88. The maximum Gasteiger partial charge on any atom is 0.333 e. The van der Waals surface area contributed by atoms with Gasteiger partial charge in [-0.2, -0.15) is 0 Å². The molecular formula is C19H22O6. The standard InChI is InChI=1S/C19H22O6/c1-11-9-13(22-17(11)20)14-15(21-10-12-7-5-4-6-8-12)16-18(23-14)25-19(2,3)24-16/h4-8,13-16,18H,1,9-10H2,2-3H3/t13-,14-,15+,16+,18+/m0/s1. The Morgan fingerprint density at radius 3 is 2.64 bits per heavy atom. The molecule has 0 bridgehead atoms. The Kier molecular flexibility index (Phi) is 4.16. The molecule has 3 fully saturated rings. The molecule has 6 nitrogen and oxygen atoms in total. The maximum atomic E-state index is 11.7. The van der Waals surface area contributed by atoms with Gasteiger partial charge in [0, 0.05) is 12.0 Å². The first-order valence-electron chi connectivity index (χ1n) is 8.48. The van der Waals surface area contributed by atoms with Gasteiger partial charge in [0.05, 0.1) is 6.61 Å². The van der Waals surface area contributed by atoms with Crippen LogP contribution in [0.15, 0.2) is 42.5 Å². The first kappa shape index (κ1) is 16.7. The Hall–Kier alpha value is -1.73. The van der Waals surface area contributed by atoms with Gasteiger partial charge in [-0.3, -0.25) is 0 Å². The third kappa shape index (κ3) is 3.22. The molecule has 0 aromatic heterocycles. The predicted octanol–water partition coefficient (Wildman–Crippen LogP) is 2.32. The molecule has 1 aromatic carbocycles. The van der Waals surface area contributed by atoms with Crippen molar-refractivity contribution >= 4 is 5.97 Å². The Labute approximate surface area is 146 Å². The number of benzene rings is 1. The molecule has 25 heavy (non-hydrogen) atoms. The maximum absolute atomic E-state index is 11.7. The van der Waals surface area contributed by atoms with Crippen LogP contribution >= 0.6 is 0 Å². The molecule has 3 aliphatic heterocycles. The van der Waals surface area contributed by atoms with Crippen LogP contribution in [0.25, 0.3) is 0 Å². The minimum Gasteiger partial charge on any atom is -0.456 e.